The summed E-state index contributed by atoms with van der Waals surface area (Å²) in [5.74, 6) is -0.969. The van der Waals surface area contributed by atoms with Crippen molar-refractivity contribution >= 4 is 50.5 Å². The molecule has 0 radical (unpaired) electrons. The smallest absolute Gasteiger partial charge is 0.324 e. The number of halogens is 5. The van der Waals surface area contributed by atoms with Crippen molar-refractivity contribution in [2.24, 2.45) is 0 Å². The summed E-state index contributed by atoms with van der Waals surface area (Å²) < 4.78 is 63.8. The first-order valence-electron chi connectivity index (χ1n) is 7.28. The largest absolute Gasteiger partial charge is 0.418 e. The van der Waals surface area contributed by atoms with Gasteiger partial charge in [0.1, 0.15) is 6.54 Å². The molecule has 0 heterocycles. The molecular formula is C16H13Cl2F3N2O3S. The number of benzene rings is 2. The minimum atomic E-state index is -4.68. The first-order chi connectivity index (χ1) is 12.4. The summed E-state index contributed by atoms with van der Waals surface area (Å²) in [7, 11) is -3.96. The molecule has 0 aliphatic rings. The third-order valence-electron chi connectivity index (χ3n) is 3.37. The highest BCUT2D eigenvalue weighted by Gasteiger charge is 2.34. The molecule has 27 heavy (non-hydrogen) atoms. The Kier molecular flexibility index (Phi) is 6.28. The molecule has 5 nitrogen and oxygen atoms in total. The lowest BCUT2D eigenvalue weighted by Crippen LogP contribution is -2.37. The SMILES string of the molecule is CS(=O)(=O)N(CC(=O)Nc1ccccc1C(F)(F)F)c1ccc(Cl)cc1Cl. The van der Waals surface area contributed by atoms with Crippen LogP contribution in [0.1, 0.15) is 5.56 Å². The lowest BCUT2D eigenvalue weighted by atomic mass is 10.1. The van der Waals surface area contributed by atoms with Crippen LogP contribution >= 0.6 is 23.2 Å². The van der Waals surface area contributed by atoms with Gasteiger partial charge in [0.25, 0.3) is 0 Å². The minimum Gasteiger partial charge on any atom is -0.324 e. The Labute approximate surface area is 163 Å². The van der Waals surface area contributed by atoms with E-state index in [-0.39, 0.29) is 15.7 Å². The lowest BCUT2D eigenvalue weighted by molar-refractivity contribution is -0.137. The van der Waals surface area contributed by atoms with Crippen molar-refractivity contribution in [1.82, 2.24) is 0 Å². The Hall–Kier alpha value is -1.97. The van der Waals surface area contributed by atoms with Gasteiger partial charge in [-0.25, -0.2) is 8.42 Å². The Morgan fingerprint density at radius 2 is 1.78 bits per heavy atom. The van der Waals surface area contributed by atoms with Crippen LogP contribution in [-0.4, -0.2) is 27.1 Å². The molecule has 0 saturated carbocycles. The minimum absolute atomic E-state index is 0.0252. The first-order valence-corrected chi connectivity index (χ1v) is 9.89. The fraction of sp³-hybridized carbons (Fsp3) is 0.188. The van der Waals surface area contributed by atoms with Crippen LogP contribution in [0, 0.1) is 0 Å². The van der Waals surface area contributed by atoms with E-state index < -0.39 is 39.9 Å². The van der Waals surface area contributed by atoms with Crippen molar-refractivity contribution in [2.45, 2.75) is 6.18 Å². The number of nitrogens with zero attached hydrogens (tertiary/aromatic N) is 1. The summed E-state index contributed by atoms with van der Waals surface area (Å²) in [5, 5.41) is 2.31. The lowest BCUT2D eigenvalue weighted by Gasteiger charge is -2.23. The van der Waals surface area contributed by atoms with E-state index in [0.717, 1.165) is 18.4 Å². The van der Waals surface area contributed by atoms with Gasteiger partial charge in [0.15, 0.2) is 0 Å². The van der Waals surface area contributed by atoms with Crippen LogP contribution in [-0.2, 0) is 21.0 Å². The van der Waals surface area contributed by atoms with Crippen molar-refractivity contribution in [3.63, 3.8) is 0 Å². The maximum Gasteiger partial charge on any atom is 0.418 e. The molecule has 0 aliphatic heterocycles. The molecule has 0 saturated heterocycles. The highest BCUT2D eigenvalue weighted by Crippen LogP contribution is 2.35. The molecule has 2 rings (SSSR count). The molecule has 2 aromatic rings. The molecule has 146 valence electrons. The van der Waals surface area contributed by atoms with Crippen LogP contribution < -0.4 is 9.62 Å². The second-order valence-electron chi connectivity index (χ2n) is 5.46. The number of amides is 1. The Morgan fingerprint density at radius 3 is 2.33 bits per heavy atom. The average molecular weight is 441 g/mol. The summed E-state index contributed by atoms with van der Waals surface area (Å²) in [6.07, 6.45) is -3.84. The predicted octanol–water partition coefficient (Wildman–Crippen LogP) is 4.42. The van der Waals surface area contributed by atoms with Crippen LogP contribution in [0.3, 0.4) is 0 Å². The third-order valence-corrected chi connectivity index (χ3v) is 5.04. The number of hydrogen-bond acceptors (Lipinski definition) is 3. The highest BCUT2D eigenvalue weighted by molar-refractivity contribution is 7.92. The summed E-state index contributed by atoms with van der Waals surface area (Å²) in [6.45, 7) is -0.771. The fourth-order valence-corrected chi connectivity index (χ4v) is 3.65. The molecule has 0 aromatic heterocycles. The van der Waals surface area contributed by atoms with Gasteiger partial charge in [0, 0.05) is 5.02 Å². The van der Waals surface area contributed by atoms with Gasteiger partial charge in [-0.3, -0.25) is 9.10 Å². The van der Waals surface area contributed by atoms with Crippen molar-refractivity contribution in [2.75, 3.05) is 22.4 Å². The van der Waals surface area contributed by atoms with E-state index in [1.165, 1.54) is 30.3 Å². The quantitative estimate of drug-likeness (QED) is 0.748. The Balaban J connectivity index is 2.31. The van der Waals surface area contributed by atoms with Gasteiger partial charge in [0.2, 0.25) is 15.9 Å². The zero-order valence-electron chi connectivity index (χ0n) is 13.7. The molecule has 0 spiro atoms. The number of sulfonamides is 1. The molecule has 11 heteroatoms. The van der Waals surface area contributed by atoms with Crippen molar-refractivity contribution in [1.29, 1.82) is 0 Å². The zero-order chi connectivity index (χ0) is 20.4. The molecule has 0 atom stereocenters. The van der Waals surface area contributed by atoms with E-state index in [1.807, 2.05) is 0 Å². The Morgan fingerprint density at radius 1 is 1.15 bits per heavy atom. The average Bonchev–Trinajstić information content (AvgIpc) is 2.52. The van der Waals surface area contributed by atoms with E-state index in [9.17, 15) is 26.4 Å². The molecule has 2 aromatic carbocycles. The summed E-state index contributed by atoms with van der Waals surface area (Å²) in [4.78, 5) is 12.2. The second-order valence-corrected chi connectivity index (χ2v) is 8.21. The van der Waals surface area contributed by atoms with Gasteiger partial charge in [-0.1, -0.05) is 35.3 Å². The highest BCUT2D eigenvalue weighted by atomic mass is 35.5. The van der Waals surface area contributed by atoms with Gasteiger partial charge < -0.3 is 5.32 Å². The molecule has 0 unspecified atom stereocenters. The van der Waals surface area contributed by atoms with Crippen molar-refractivity contribution in [3.05, 3.63) is 58.1 Å². The van der Waals surface area contributed by atoms with Crippen LogP contribution in [0.25, 0.3) is 0 Å². The third kappa shape index (κ3) is 5.50. The van der Waals surface area contributed by atoms with E-state index in [0.29, 0.717) is 4.31 Å². The van der Waals surface area contributed by atoms with Crippen LogP contribution in [0.15, 0.2) is 42.5 Å². The molecule has 0 aliphatic carbocycles. The first kappa shape index (κ1) is 21.3. The molecule has 1 N–H and O–H groups in total. The van der Waals surface area contributed by atoms with Crippen LogP contribution in [0.2, 0.25) is 10.0 Å². The Bertz CT molecular complexity index is 966. The standard InChI is InChI=1S/C16H13Cl2F3N2O3S/c1-27(25,26)23(14-7-6-10(17)8-12(14)18)9-15(24)22-13-5-3-2-4-11(13)16(19,20)21/h2-8H,9H2,1H3,(H,22,24). The number of nitrogens with one attached hydrogen (secondary N) is 1. The number of anilines is 2. The van der Waals surface area contributed by atoms with E-state index >= 15 is 0 Å². The van der Waals surface area contributed by atoms with Gasteiger partial charge in [0.05, 0.1) is 28.2 Å². The van der Waals surface area contributed by atoms with Crippen LogP contribution in [0.4, 0.5) is 24.5 Å². The van der Waals surface area contributed by atoms with E-state index in [1.54, 1.807) is 0 Å². The number of carbonyl (C=O) groups is 1. The van der Waals surface area contributed by atoms with Crippen LogP contribution in [0.5, 0.6) is 0 Å². The van der Waals surface area contributed by atoms with Gasteiger partial charge in [-0.05, 0) is 30.3 Å². The number of carbonyl (C=O) groups excluding carboxylic acids is 1. The van der Waals surface area contributed by atoms with Crippen molar-refractivity contribution < 1.29 is 26.4 Å². The van der Waals surface area contributed by atoms with Crippen molar-refractivity contribution in [3.8, 4) is 0 Å². The van der Waals surface area contributed by atoms with Gasteiger partial charge in [-0.15, -0.1) is 0 Å². The number of hydrogen-bond donors (Lipinski definition) is 1. The monoisotopic (exact) mass is 440 g/mol. The normalized spacial score (nSPS) is 11.9. The summed E-state index contributed by atoms with van der Waals surface area (Å²) in [6, 6.07) is 8.32. The summed E-state index contributed by atoms with van der Waals surface area (Å²) in [5.41, 5.74) is -1.55. The second kappa shape index (κ2) is 7.95. The van der Waals surface area contributed by atoms with Gasteiger partial charge >= 0.3 is 6.18 Å². The van der Waals surface area contributed by atoms with E-state index in [2.05, 4.69) is 5.32 Å². The zero-order valence-corrected chi connectivity index (χ0v) is 16.0. The maximum atomic E-state index is 13.0. The predicted molar refractivity (Wildman–Crippen MR) is 98.7 cm³/mol. The molecule has 1 amide bonds. The number of para-hydroxylation sites is 1. The topological polar surface area (TPSA) is 66.5 Å². The van der Waals surface area contributed by atoms with E-state index in [4.69, 9.17) is 23.2 Å². The molecule has 0 bridgehead atoms. The summed E-state index contributed by atoms with van der Waals surface area (Å²) >= 11 is 11.8. The maximum absolute atomic E-state index is 13.0. The van der Waals surface area contributed by atoms with Gasteiger partial charge in [-0.2, -0.15) is 13.2 Å². The fourth-order valence-electron chi connectivity index (χ4n) is 2.22. The molecular weight excluding hydrogens is 428 g/mol. The number of alkyl halides is 3. The number of rotatable bonds is 5. The molecule has 0 fully saturated rings.